The highest BCUT2D eigenvalue weighted by molar-refractivity contribution is 6.29. The number of alkyl halides is 3. The molecule has 0 bridgehead atoms. The van der Waals surface area contributed by atoms with Gasteiger partial charge >= 0.3 is 12.2 Å². The van der Waals surface area contributed by atoms with Crippen molar-refractivity contribution in [3.05, 3.63) is 34.2 Å². The van der Waals surface area contributed by atoms with Crippen molar-refractivity contribution in [2.45, 2.75) is 26.6 Å². The Morgan fingerprint density at radius 2 is 1.96 bits per heavy atom. The molecule has 0 saturated carbocycles. The van der Waals surface area contributed by atoms with Crippen LogP contribution in [0, 0.1) is 6.92 Å². The van der Waals surface area contributed by atoms with Crippen LogP contribution in [0.25, 0.3) is 0 Å². The Bertz CT molecular complexity index is 739. The molecule has 0 aliphatic carbocycles. The summed E-state index contributed by atoms with van der Waals surface area (Å²) in [6.07, 6.45) is -4.62. The lowest BCUT2D eigenvalue weighted by Gasteiger charge is -2.15. The van der Waals surface area contributed by atoms with Crippen LogP contribution >= 0.6 is 11.6 Å². The van der Waals surface area contributed by atoms with E-state index in [1.807, 2.05) is 0 Å². The van der Waals surface area contributed by atoms with Crippen molar-refractivity contribution in [3.8, 4) is 6.01 Å². The monoisotopic (exact) mass is 361 g/mol. The van der Waals surface area contributed by atoms with Crippen LogP contribution in [0.5, 0.6) is 6.01 Å². The van der Waals surface area contributed by atoms with Gasteiger partial charge in [0.1, 0.15) is 5.15 Å². The minimum atomic E-state index is -4.62. The average Bonchev–Trinajstić information content (AvgIpc) is 2.49. The second kappa shape index (κ2) is 7.08. The lowest BCUT2D eigenvalue weighted by atomic mass is 10.2. The van der Waals surface area contributed by atoms with Crippen molar-refractivity contribution < 1.29 is 17.9 Å². The molecule has 3 N–H and O–H groups in total. The van der Waals surface area contributed by atoms with E-state index < -0.39 is 11.9 Å². The summed E-state index contributed by atoms with van der Waals surface area (Å²) in [5.74, 6) is 0.189. The summed E-state index contributed by atoms with van der Waals surface area (Å²) in [7, 11) is 0. The Morgan fingerprint density at radius 3 is 2.58 bits per heavy atom. The molecule has 2 rings (SSSR count). The standard InChI is InChI=1S/C14H15ClF3N5O/c1-3-24-13-21-7(2)10(19)12(23-13)20-6-8-4-5-9(15)22-11(8)14(16,17)18/h4-5H,3,6,19H2,1-2H3,(H,20,21,23). The number of rotatable bonds is 5. The third-order valence-electron chi connectivity index (χ3n) is 3.05. The van der Waals surface area contributed by atoms with Crippen molar-refractivity contribution >= 4 is 23.1 Å². The second-order valence-corrected chi connectivity index (χ2v) is 5.17. The zero-order valence-electron chi connectivity index (χ0n) is 12.9. The van der Waals surface area contributed by atoms with E-state index in [0.717, 1.165) is 0 Å². The van der Waals surface area contributed by atoms with E-state index >= 15 is 0 Å². The van der Waals surface area contributed by atoms with Gasteiger partial charge in [0.05, 0.1) is 18.0 Å². The van der Waals surface area contributed by atoms with Gasteiger partial charge in [0.15, 0.2) is 11.5 Å². The molecule has 0 aliphatic rings. The Kier molecular flexibility index (Phi) is 5.33. The molecule has 0 atom stereocenters. The molecule has 6 nitrogen and oxygen atoms in total. The van der Waals surface area contributed by atoms with Gasteiger partial charge in [0.2, 0.25) is 0 Å². The lowest BCUT2D eigenvalue weighted by molar-refractivity contribution is -0.141. The second-order valence-electron chi connectivity index (χ2n) is 4.78. The molecule has 2 heterocycles. The topological polar surface area (TPSA) is 86.0 Å². The summed E-state index contributed by atoms with van der Waals surface area (Å²) in [6, 6.07) is 2.63. The number of nitrogens with two attached hydrogens (primary N) is 1. The Hall–Kier alpha value is -2.29. The molecule has 0 radical (unpaired) electrons. The first-order valence-corrected chi connectivity index (χ1v) is 7.33. The molecular weight excluding hydrogens is 347 g/mol. The summed E-state index contributed by atoms with van der Waals surface area (Å²) in [6.45, 7) is 3.57. The molecule has 130 valence electrons. The normalized spacial score (nSPS) is 11.4. The first kappa shape index (κ1) is 18.1. The number of aromatic nitrogens is 3. The largest absolute Gasteiger partial charge is 0.464 e. The van der Waals surface area contributed by atoms with Gasteiger partial charge in [-0.15, -0.1) is 0 Å². The number of ether oxygens (including phenoxy) is 1. The van der Waals surface area contributed by atoms with E-state index in [1.165, 1.54) is 12.1 Å². The SMILES string of the molecule is CCOc1nc(C)c(N)c(NCc2ccc(Cl)nc2C(F)(F)F)n1. The average molecular weight is 362 g/mol. The third-order valence-corrected chi connectivity index (χ3v) is 3.26. The fourth-order valence-electron chi connectivity index (χ4n) is 1.92. The number of nitrogen functional groups attached to an aromatic ring is 1. The van der Waals surface area contributed by atoms with Crippen LogP contribution < -0.4 is 15.8 Å². The summed E-state index contributed by atoms with van der Waals surface area (Å²) < 4.78 is 44.3. The number of halogens is 4. The summed E-state index contributed by atoms with van der Waals surface area (Å²) in [5, 5.41) is 2.53. The first-order chi connectivity index (χ1) is 11.2. The highest BCUT2D eigenvalue weighted by atomic mass is 35.5. The van der Waals surface area contributed by atoms with E-state index in [9.17, 15) is 13.2 Å². The van der Waals surface area contributed by atoms with Gasteiger partial charge in [0.25, 0.3) is 0 Å². The summed E-state index contributed by atoms with van der Waals surface area (Å²) in [4.78, 5) is 11.4. The van der Waals surface area contributed by atoms with Crippen LogP contribution in [0.2, 0.25) is 5.15 Å². The van der Waals surface area contributed by atoms with E-state index in [0.29, 0.717) is 12.3 Å². The number of anilines is 2. The van der Waals surface area contributed by atoms with Gasteiger partial charge in [-0.1, -0.05) is 17.7 Å². The Morgan fingerprint density at radius 1 is 1.25 bits per heavy atom. The molecule has 0 unspecified atom stereocenters. The Balaban J connectivity index is 2.29. The molecule has 10 heteroatoms. The minimum Gasteiger partial charge on any atom is -0.464 e. The van der Waals surface area contributed by atoms with E-state index in [-0.39, 0.29) is 34.8 Å². The molecule has 2 aromatic heterocycles. The van der Waals surface area contributed by atoms with Gasteiger partial charge in [-0.2, -0.15) is 23.1 Å². The zero-order valence-corrected chi connectivity index (χ0v) is 13.7. The molecule has 0 saturated heterocycles. The molecule has 0 amide bonds. The molecule has 0 fully saturated rings. The van der Waals surface area contributed by atoms with Gasteiger partial charge < -0.3 is 15.8 Å². The van der Waals surface area contributed by atoms with Gasteiger partial charge in [-0.25, -0.2) is 4.98 Å². The van der Waals surface area contributed by atoms with E-state index in [1.54, 1.807) is 13.8 Å². The number of nitrogens with one attached hydrogen (secondary N) is 1. The van der Waals surface area contributed by atoms with E-state index in [2.05, 4.69) is 20.3 Å². The van der Waals surface area contributed by atoms with Crippen molar-refractivity contribution in [1.29, 1.82) is 0 Å². The molecule has 24 heavy (non-hydrogen) atoms. The highest BCUT2D eigenvalue weighted by Crippen LogP contribution is 2.32. The van der Waals surface area contributed by atoms with Gasteiger partial charge in [0, 0.05) is 12.1 Å². The van der Waals surface area contributed by atoms with Gasteiger partial charge in [-0.3, -0.25) is 0 Å². The zero-order chi connectivity index (χ0) is 17.9. The number of aryl methyl sites for hydroxylation is 1. The maximum atomic E-state index is 13.0. The quantitative estimate of drug-likeness (QED) is 0.793. The maximum Gasteiger partial charge on any atom is 0.433 e. The molecule has 2 aromatic rings. The van der Waals surface area contributed by atoms with E-state index in [4.69, 9.17) is 22.1 Å². The minimum absolute atomic E-state index is 0.0828. The number of pyridine rings is 1. The van der Waals surface area contributed by atoms with Crippen LogP contribution in [0.4, 0.5) is 24.7 Å². The molecular formula is C14H15ClF3N5O. The van der Waals surface area contributed by atoms with Crippen molar-refractivity contribution in [1.82, 2.24) is 15.0 Å². The van der Waals surface area contributed by atoms with Crippen LogP contribution in [0.1, 0.15) is 23.9 Å². The number of hydrogen-bond acceptors (Lipinski definition) is 6. The molecule has 0 aliphatic heterocycles. The molecule has 0 aromatic carbocycles. The highest BCUT2D eigenvalue weighted by Gasteiger charge is 2.35. The fourth-order valence-corrected chi connectivity index (χ4v) is 2.06. The van der Waals surface area contributed by atoms with Crippen LogP contribution in [0.15, 0.2) is 12.1 Å². The predicted octanol–water partition coefficient (Wildman–Crippen LogP) is 3.45. The predicted molar refractivity (Wildman–Crippen MR) is 83.9 cm³/mol. The number of nitrogens with zero attached hydrogens (tertiary/aromatic N) is 3. The van der Waals surface area contributed by atoms with Gasteiger partial charge in [-0.05, 0) is 19.9 Å². The maximum absolute atomic E-state index is 13.0. The van der Waals surface area contributed by atoms with Crippen molar-refractivity contribution in [2.75, 3.05) is 17.7 Å². The van der Waals surface area contributed by atoms with Crippen LogP contribution in [0.3, 0.4) is 0 Å². The number of hydrogen-bond donors (Lipinski definition) is 2. The van der Waals surface area contributed by atoms with Crippen LogP contribution in [-0.2, 0) is 12.7 Å². The summed E-state index contributed by atoms with van der Waals surface area (Å²) in [5.41, 5.74) is 5.41. The van der Waals surface area contributed by atoms with Crippen LogP contribution in [-0.4, -0.2) is 21.6 Å². The fraction of sp³-hybridized carbons (Fsp3) is 0.357. The lowest BCUT2D eigenvalue weighted by Crippen LogP contribution is -2.15. The smallest absolute Gasteiger partial charge is 0.433 e. The summed E-state index contributed by atoms with van der Waals surface area (Å²) >= 11 is 5.55. The molecule has 0 spiro atoms. The third kappa shape index (κ3) is 4.16. The van der Waals surface area contributed by atoms with Crippen molar-refractivity contribution in [3.63, 3.8) is 0 Å². The Labute approximate surface area is 141 Å². The first-order valence-electron chi connectivity index (χ1n) is 6.95. The van der Waals surface area contributed by atoms with Crippen molar-refractivity contribution in [2.24, 2.45) is 0 Å².